The molecular formula is C14H18BF3KNO3. The second kappa shape index (κ2) is 10.1. The molecule has 2 rings (SSSR count). The van der Waals surface area contributed by atoms with Gasteiger partial charge < -0.3 is 27.3 Å². The molecule has 0 bridgehead atoms. The van der Waals surface area contributed by atoms with Crippen molar-refractivity contribution < 1.29 is 78.6 Å². The Hall–Kier alpha value is -0.0587. The third-order valence-corrected chi connectivity index (χ3v) is 3.36. The first-order valence-electron chi connectivity index (χ1n) is 7.22. The summed E-state index contributed by atoms with van der Waals surface area (Å²) in [5.41, 5.74) is 0.862. The summed E-state index contributed by atoms with van der Waals surface area (Å²) in [6, 6.07) is 9.21. The molecule has 1 heterocycles. The Morgan fingerprint density at radius 3 is 2.61 bits per heavy atom. The van der Waals surface area contributed by atoms with Crippen LogP contribution in [0.15, 0.2) is 30.3 Å². The van der Waals surface area contributed by atoms with Crippen molar-refractivity contribution in [2.24, 2.45) is 0 Å². The summed E-state index contributed by atoms with van der Waals surface area (Å²) in [5, 5.41) is 0. The van der Waals surface area contributed by atoms with Crippen LogP contribution in [0.4, 0.5) is 17.7 Å². The van der Waals surface area contributed by atoms with E-state index in [1.165, 1.54) is 4.90 Å². The van der Waals surface area contributed by atoms with E-state index in [0.29, 0.717) is 19.4 Å². The van der Waals surface area contributed by atoms with Gasteiger partial charge in [0.25, 0.3) is 0 Å². The summed E-state index contributed by atoms with van der Waals surface area (Å²) in [6.45, 7) is -5.42. The molecule has 0 aliphatic carbocycles. The Morgan fingerprint density at radius 2 is 1.96 bits per heavy atom. The van der Waals surface area contributed by atoms with Crippen molar-refractivity contribution in [3.05, 3.63) is 35.9 Å². The first kappa shape index (κ1) is 21.0. The van der Waals surface area contributed by atoms with E-state index in [0.717, 1.165) is 5.56 Å². The molecule has 4 nitrogen and oxygen atoms in total. The first-order chi connectivity index (χ1) is 10.4. The largest absolute Gasteiger partial charge is 1.00 e. The molecule has 9 heteroatoms. The van der Waals surface area contributed by atoms with Crippen LogP contribution in [-0.4, -0.2) is 43.7 Å². The smallest absolute Gasteiger partial charge is 0.447 e. The van der Waals surface area contributed by atoms with Gasteiger partial charge >= 0.3 is 64.5 Å². The van der Waals surface area contributed by atoms with Crippen LogP contribution in [0.1, 0.15) is 18.4 Å². The quantitative estimate of drug-likeness (QED) is 0.709. The summed E-state index contributed by atoms with van der Waals surface area (Å²) in [5.74, 6) is 0. The average Bonchev–Trinajstić information content (AvgIpc) is 2.51. The molecule has 0 N–H and O–H groups in total. The van der Waals surface area contributed by atoms with Crippen LogP contribution in [0.5, 0.6) is 0 Å². The van der Waals surface area contributed by atoms with E-state index < -0.39 is 25.7 Å². The van der Waals surface area contributed by atoms with Gasteiger partial charge in [-0.2, -0.15) is 0 Å². The molecular weight excluding hydrogens is 337 g/mol. The maximum atomic E-state index is 12.2. The number of carbonyl (C=O) groups excluding carboxylic acids is 1. The molecule has 0 saturated carbocycles. The van der Waals surface area contributed by atoms with Crippen molar-refractivity contribution >= 4 is 13.1 Å². The molecule has 1 aliphatic heterocycles. The van der Waals surface area contributed by atoms with Crippen molar-refractivity contribution in [2.45, 2.75) is 25.6 Å². The van der Waals surface area contributed by atoms with Crippen molar-refractivity contribution in [1.29, 1.82) is 0 Å². The Morgan fingerprint density at radius 1 is 1.26 bits per heavy atom. The zero-order valence-electron chi connectivity index (χ0n) is 13.1. The van der Waals surface area contributed by atoms with Gasteiger partial charge in [0, 0.05) is 13.1 Å². The molecule has 1 aromatic carbocycles. The van der Waals surface area contributed by atoms with E-state index in [1.54, 1.807) is 0 Å². The summed E-state index contributed by atoms with van der Waals surface area (Å²) in [6.07, 6.45) is 0.0288. The number of piperidine rings is 1. The molecule has 0 radical (unpaired) electrons. The van der Waals surface area contributed by atoms with E-state index in [-0.39, 0.29) is 64.5 Å². The van der Waals surface area contributed by atoms with Crippen molar-refractivity contribution in [2.75, 3.05) is 19.6 Å². The fourth-order valence-electron chi connectivity index (χ4n) is 2.30. The van der Waals surface area contributed by atoms with Crippen LogP contribution in [0, 0.1) is 0 Å². The number of nitrogens with zero attached hydrogens (tertiary/aromatic N) is 1. The number of ether oxygens (including phenoxy) is 2. The van der Waals surface area contributed by atoms with Gasteiger partial charge in [-0.05, 0) is 18.4 Å². The molecule has 1 aromatic rings. The van der Waals surface area contributed by atoms with Gasteiger partial charge in [-0.25, -0.2) is 4.79 Å². The van der Waals surface area contributed by atoms with Gasteiger partial charge in [0.2, 0.25) is 0 Å². The number of hydrogen-bond acceptors (Lipinski definition) is 3. The van der Waals surface area contributed by atoms with E-state index >= 15 is 0 Å². The van der Waals surface area contributed by atoms with Gasteiger partial charge in [-0.15, -0.1) is 0 Å². The summed E-state index contributed by atoms with van der Waals surface area (Å²) in [4.78, 5) is 13.4. The Bertz CT molecular complexity index is 490. The van der Waals surface area contributed by atoms with Gasteiger partial charge in [-0.1, -0.05) is 30.3 Å². The number of amides is 1. The van der Waals surface area contributed by atoms with E-state index in [4.69, 9.17) is 9.47 Å². The van der Waals surface area contributed by atoms with E-state index in [1.807, 2.05) is 30.3 Å². The maximum Gasteiger partial charge on any atom is 1.00 e. The third-order valence-electron chi connectivity index (χ3n) is 3.36. The minimum Gasteiger partial charge on any atom is -0.447 e. The number of likely N-dealkylation sites (tertiary alicyclic amines) is 1. The number of rotatable bonds is 5. The van der Waals surface area contributed by atoms with Crippen LogP contribution in [-0.2, 0) is 16.1 Å². The minimum atomic E-state index is -4.96. The summed E-state index contributed by atoms with van der Waals surface area (Å²) in [7, 11) is 0. The predicted octanol–water partition coefficient (Wildman–Crippen LogP) is 0.195. The van der Waals surface area contributed by atoms with Crippen molar-refractivity contribution in [3.8, 4) is 0 Å². The normalized spacial score (nSPS) is 18.2. The average molecular weight is 355 g/mol. The van der Waals surface area contributed by atoms with Crippen LogP contribution >= 0.6 is 0 Å². The molecule has 23 heavy (non-hydrogen) atoms. The standard InChI is InChI=1S/C14H18BF3NO3.K/c16-15(17,18)11-22-13-7-4-8-19(9-13)14(20)21-10-12-5-2-1-3-6-12;/h1-3,5-6,13H,4,7-11H2;/q-1;+1/t13-;/m1./s1. The fraction of sp³-hybridized carbons (Fsp3) is 0.500. The van der Waals surface area contributed by atoms with E-state index in [9.17, 15) is 17.7 Å². The Kier molecular flexibility index (Phi) is 9.17. The monoisotopic (exact) mass is 355 g/mol. The topological polar surface area (TPSA) is 38.8 Å². The zero-order chi connectivity index (χ0) is 16.0. The Balaban J connectivity index is 0.00000264. The number of hydrogen-bond donors (Lipinski definition) is 0. The van der Waals surface area contributed by atoms with Crippen LogP contribution in [0.25, 0.3) is 0 Å². The van der Waals surface area contributed by atoms with E-state index in [2.05, 4.69) is 0 Å². The Labute approximate surface area is 176 Å². The molecule has 122 valence electrons. The minimum absolute atomic E-state index is 0. The van der Waals surface area contributed by atoms with Crippen LogP contribution in [0.3, 0.4) is 0 Å². The number of halogens is 3. The summed E-state index contributed by atoms with van der Waals surface area (Å²) < 4.78 is 46.6. The second-order valence-corrected chi connectivity index (χ2v) is 5.29. The van der Waals surface area contributed by atoms with Gasteiger partial charge in [0.15, 0.2) is 0 Å². The van der Waals surface area contributed by atoms with Gasteiger partial charge in [-0.3, -0.25) is 0 Å². The van der Waals surface area contributed by atoms with Crippen molar-refractivity contribution in [3.63, 3.8) is 0 Å². The van der Waals surface area contributed by atoms with Gasteiger partial charge in [0.1, 0.15) is 6.61 Å². The molecule has 0 unspecified atom stereocenters. The number of benzene rings is 1. The van der Waals surface area contributed by atoms with Crippen molar-refractivity contribution in [1.82, 2.24) is 4.90 Å². The molecule has 0 spiro atoms. The fourth-order valence-corrected chi connectivity index (χ4v) is 2.30. The third kappa shape index (κ3) is 8.04. The molecule has 1 saturated heterocycles. The molecule has 1 amide bonds. The SMILES string of the molecule is O=C(OCc1ccccc1)N1CCC[C@@H](OC[B-](F)(F)F)C1.[K+]. The molecule has 1 atom stereocenters. The van der Waals surface area contributed by atoms with Crippen LogP contribution in [0.2, 0.25) is 0 Å². The predicted molar refractivity (Wildman–Crippen MR) is 76.3 cm³/mol. The second-order valence-electron chi connectivity index (χ2n) is 5.29. The maximum absolute atomic E-state index is 12.2. The molecule has 0 aromatic heterocycles. The molecule has 1 fully saturated rings. The summed E-state index contributed by atoms with van der Waals surface area (Å²) >= 11 is 0. The first-order valence-corrected chi connectivity index (χ1v) is 7.22. The van der Waals surface area contributed by atoms with Crippen LogP contribution < -0.4 is 51.4 Å². The zero-order valence-corrected chi connectivity index (χ0v) is 16.2. The number of carbonyl (C=O) groups is 1. The molecule has 1 aliphatic rings. The van der Waals surface area contributed by atoms with Gasteiger partial charge in [0.05, 0.1) is 12.6 Å².